The Morgan fingerprint density at radius 3 is 2.53 bits per heavy atom. The fourth-order valence-corrected chi connectivity index (χ4v) is 1.49. The summed E-state index contributed by atoms with van der Waals surface area (Å²) < 4.78 is 0. The normalized spacial score (nSPS) is 10.9. The van der Waals surface area contributed by atoms with Crippen molar-refractivity contribution in [3.8, 4) is 5.75 Å². The van der Waals surface area contributed by atoms with Crippen LogP contribution in [0.5, 0.6) is 5.75 Å². The Morgan fingerprint density at radius 2 is 1.80 bits per heavy atom. The van der Waals surface area contributed by atoms with Gasteiger partial charge >= 0.3 is 0 Å². The van der Waals surface area contributed by atoms with Gasteiger partial charge in [0.05, 0.1) is 5.69 Å². The highest BCUT2D eigenvalue weighted by Gasteiger charge is 2.02. The van der Waals surface area contributed by atoms with Crippen molar-refractivity contribution < 1.29 is 5.11 Å². The van der Waals surface area contributed by atoms with E-state index in [4.69, 9.17) is 0 Å². The predicted molar refractivity (Wildman–Crippen MR) is 63.8 cm³/mol. The Labute approximate surface area is 92.1 Å². The van der Waals surface area contributed by atoms with Gasteiger partial charge in [-0.3, -0.25) is 0 Å². The van der Waals surface area contributed by atoms with Crippen LogP contribution in [0.3, 0.4) is 0 Å². The van der Waals surface area contributed by atoms with Crippen molar-refractivity contribution in [3.05, 3.63) is 36.4 Å². The maximum Gasteiger partial charge on any atom is 0.123 e. The summed E-state index contributed by atoms with van der Waals surface area (Å²) in [6.45, 7) is 0. The molecule has 0 unspecified atom stereocenters. The standard InChI is InChI=1S/C11H8N2OS/c14-11-6-5-10(13-12-7-15)8-3-1-2-4-9(8)11/h1-7,14H. The number of hydrogen-bond donors (Lipinski definition) is 1. The number of fused-ring (bicyclic) bond motifs is 1. The van der Waals surface area contributed by atoms with Crippen molar-refractivity contribution in [3.63, 3.8) is 0 Å². The largest absolute Gasteiger partial charge is 0.507 e. The summed E-state index contributed by atoms with van der Waals surface area (Å²) in [6, 6.07) is 10.8. The van der Waals surface area contributed by atoms with Gasteiger partial charge in [0.1, 0.15) is 11.2 Å². The van der Waals surface area contributed by atoms with Crippen molar-refractivity contribution in [2.75, 3.05) is 0 Å². The van der Waals surface area contributed by atoms with Crippen molar-refractivity contribution in [2.24, 2.45) is 10.2 Å². The minimum absolute atomic E-state index is 0.243. The highest BCUT2D eigenvalue weighted by molar-refractivity contribution is 7.78. The first kappa shape index (κ1) is 9.73. The van der Waals surface area contributed by atoms with E-state index in [1.807, 2.05) is 24.3 Å². The maximum absolute atomic E-state index is 9.62. The monoisotopic (exact) mass is 216 g/mol. The number of rotatable bonds is 2. The van der Waals surface area contributed by atoms with Crippen LogP contribution in [0.25, 0.3) is 10.8 Å². The Bertz CT molecular complexity index is 537. The van der Waals surface area contributed by atoms with E-state index in [1.165, 1.54) is 5.49 Å². The minimum atomic E-state index is 0.243. The molecule has 0 spiro atoms. The number of benzene rings is 2. The van der Waals surface area contributed by atoms with Crippen LogP contribution in [0, 0.1) is 0 Å². The molecule has 74 valence electrons. The van der Waals surface area contributed by atoms with Crippen LogP contribution in [0.4, 0.5) is 5.69 Å². The first-order valence-electron chi connectivity index (χ1n) is 4.38. The van der Waals surface area contributed by atoms with Crippen LogP contribution in [0.2, 0.25) is 0 Å². The summed E-state index contributed by atoms with van der Waals surface area (Å²) in [5.41, 5.74) is 1.91. The highest BCUT2D eigenvalue weighted by atomic mass is 32.1. The van der Waals surface area contributed by atoms with Crippen LogP contribution in [-0.2, 0) is 0 Å². The first-order valence-corrected chi connectivity index (χ1v) is 4.85. The second kappa shape index (κ2) is 4.14. The van der Waals surface area contributed by atoms with Gasteiger partial charge in [0, 0.05) is 10.8 Å². The molecule has 0 atom stereocenters. The molecule has 0 aliphatic rings. The quantitative estimate of drug-likeness (QED) is 0.616. The third-order valence-electron chi connectivity index (χ3n) is 2.09. The number of phenolic OH excluding ortho intramolecular Hbond substituents is 1. The van der Waals surface area contributed by atoms with E-state index in [9.17, 15) is 5.11 Å². The van der Waals surface area contributed by atoms with Gasteiger partial charge in [-0.2, -0.15) is 0 Å². The molecule has 4 heteroatoms. The lowest BCUT2D eigenvalue weighted by Gasteiger charge is -2.02. The number of nitrogens with zero attached hydrogens (tertiary/aromatic N) is 2. The summed E-state index contributed by atoms with van der Waals surface area (Å²) in [4.78, 5) is 0. The van der Waals surface area contributed by atoms with Gasteiger partial charge in [-0.25, -0.2) is 0 Å². The predicted octanol–water partition coefficient (Wildman–Crippen LogP) is 3.59. The van der Waals surface area contributed by atoms with Crippen LogP contribution in [-0.4, -0.2) is 10.6 Å². The summed E-state index contributed by atoms with van der Waals surface area (Å²) in [6.07, 6.45) is 0. The molecule has 15 heavy (non-hydrogen) atoms. The number of azo groups is 1. The molecule has 0 fully saturated rings. The summed E-state index contributed by atoms with van der Waals surface area (Å²) >= 11 is 4.56. The Balaban J connectivity index is 2.71. The average molecular weight is 216 g/mol. The molecule has 0 saturated carbocycles. The van der Waals surface area contributed by atoms with Crippen LogP contribution in [0.15, 0.2) is 46.6 Å². The minimum Gasteiger partial charge on any atom is -0.507 e. The zero-order chi connectivity index (χ0) is 10.7. The van der Waals surface area contributed by atoms with E-state index in [0.717, 1.165) is 10.8 Å². The summed E-state index contributed by atoms with van der Waals surface area (Å²) in [5, 5.41) is 18.8. The molecule has 0 aliphatic heterocycles. The molecule has 2 aromatic carbocycles. The van der Waals surface area contributed by atoms with E-state index in [0.29, 0.717) is 5.69 Å². The van der Waals surface area contributed by atoms with Gasteiger partial charge in [-0.05, 0) is 12.1 Å². The lowest BCUT2D eigenvalue weighted by atomic mass is 10.1. The van der Waals surface area contributed by atoms with E-state index in [-0.39, 0.29) is 5.75 Å². The van der Waals surface area contributed by atoms with Crippen molar-refractivity contribution in [2.45, 2.75) is 0 Å². The van der Waals surface area contributed by atoms with Gasteiger partial charge in [0.25, 0.3) is 0 Å². The number of hydrogen-bond acceptors (Lipinski definition) is 3. The van der Waals surface area contributed by atoms with Crippen LogP contribution in [0.1, 0.15) is 0 Å². The molecule has 0 aliphatic carbocycles. The van der Waals surface area contributed by atoms with Crippen molar-refractivity contribution in [1.29, 1.82) is 0 Å². The smallest absolute Gasteiger partial charge is 0.123 e. The van der Waals surface area contributed by atoms with Crippen LogP contribution < -0.4 is 0 Å². The van der Waals surface area contributed by atoms with Crippen molar-refractivity contribution >= 4 is 34.2 Å². The maximum atomic E-state index is 9.62. The molecule has 0 radical (unpaired) electrons. The molecule has 0 saturated heterocycles. The molecule has 2 rings (SSSR count). The Morgan fingerprint density at radius 1 is 1.07 bits per heavy atom. The van der Waals surface area contributed by atoms with Gasteiger partial charge in [-0.15, -0.1) is 10.2 Å². The zero-order valence-electron chi connectivity index (χ0n) is 7.79. The number of aromatic hydroxyl groups is 1. The zero-order valence-corrected chi connectivity index (χ0v) is 8.61. The summed E-state index contributed by atoms with van der Waals surface area (Å²) in [7, 11) is 0. The lowest BCUT2D eigenvalue weighted by molar-refractivity contribution is 0.481. The second-order valence-electron chi connectivity index (χ2n) is 2.97. The fourth-order valence-electron chi connectivity index (χ4n) is 1.44. The van der Waals surface area contributed by atoms with Crippen LogP contribution >= 0.6 is 12.2 Å². The third-order valence-corrected chi connectivity index (χ3v) is 2.18. The molecule has 0 heterocycles. The second-order valence-corrected chi connectivity index (χ2v) is 3.18. The molecule has 0 aromatic heterocycles. The van der Waals surface area contributed by atoms with Gasteiger partial charge < -0.3 is 5.11 Å². The number of phenols is 1. The van der Waals surface area contributed by atoms with Crippen molar-refractivity contribution in [1.82, 2.24) is 0 Å². The van der Waals surface area contributed by atoms with E-state index in [2.05, 4.69) is 22.4 Å². The number of thiocarbonyl (C=S) groups is 1. The Hall–Kier alpha value is -1.81. The molecule has 2 aromatic rings. The summed E-state index contributed by atoms with van der Waals surface area (Å²) in [5.74, 6) is 0.243. The fraction of sp³-hybridized carbons (Fsp3) is 0. The van der Waals surface area contributed by atoms with Gasteiger partial charge in [0.15, 0.2) is 0 Å². The Kier molecular flexibility index (Phi) is 2.69. The topological polar surface area (TPSA) is 45.0 Å². The molecule has 0 amide bonds. The molecular formula is C11H8N2OS. The molecular weight excluding hydrogens is 208 g/mol. The molecule has 3 nitrogen and oxygen atoms in total. The average Bonchev–Trinajstić information content (AvgIpc) is 2.29. The van der Waals surface area contributed by atoms with Gasteiger partial charge in [0.2, 0.25) is 0 Å². The van der Waals surface area contributed by atoms with E-state index < -0.39 is 0 Å². The molecule has 1 N–H and O–H groups in total. The highest BCUT2D eigenvalue weighted by Crippen LogP contribution is 2.32. The van der Waals surface area contributed by atoms with Gasteiger partial charge in [-0.1, -0.05) is 36.5 Å². The first-order chi connectivity index (χ1) is 7.33. The molecule has 0 bridgehead atoms. The SMILES string of the molecule is Oc1ccc(N=NC=S)c2ccccc12. The van der Waals surface area contributed by atoms with E-state index >= 15 is 0 Å². The third kappa shape index (κ3) is 1.85. The lowest BCUT2D eigenvalue weighted by Crippen LogP contribution is -1.74. The van der Waals surface area contributed by atoms with E-state index in [1.54, 1.807) is 12.1 Å².